The molecule has 0 saturated carbocycles. The van der Waals surface area contributed by atoms with Crippen LogP contribution in [-0.4, -0.2) is 50.1 Å². The van der Waals surface area contributed by atoms with E-state index in [4.69, 9.17) is 0 Å². The van der Waals surface area contributed by atoms with Crippen LogP contribution in [-0.2, 0) is 4.79 Å². The van der Waals surface area contributed by atoms with Crippen molar-refractivity contribution in [2.24, 2.45) is 11.8 Å². The Morgan fingerprint density at radius 2 is 1.94 bits per heavy atom. The van der Waals surface area contributed by atoms with E-state index in [1.165, 1.54) is 6.42 Å². The van der Waals surface area contributed by atoms with Crippen molar-refractivity contribution in [3.8, 4) is 0 Å². The van der Waals surface area contributed by atoms with Gasteiger partial charge in [-0.15, -0.1) is 0 Å². The van der Waals surface area contributed by atoms with Crippen molar-refractivity contribution in [3.05, 3.63) is 0 Å². The molecule has 1 unspecified atom stereocenters. The fraction of sp³-hybridized carbons (Fsp3) is 0.929. The van der Waals surface area contributed by atoms with Gasteiger partial charge in [-0.25, -0.2) is 0 Å². The molecule has 0 aliphatic carbocycles. The third-order valence-corrected chi connectivity index (χ3v) is 3.45. The molecule has 1 atom stereocenters. The molecule has 1 heterocycles. The van der Waals surface area contributed by atoms with Crippen LogP contribution in [0.25, 0.3) is 0 Å². The van der Waals surface area contributed by atoms with Crippen molar-refractivity contribution in [3.63, 3.8) is 0 Å². The largest absolute Gasteiger partial charge is 0.356 e. The summed E-state index contributed by atoms with van der Waals surface area (Å²) in [6, 6.07) is 0. The van der Waals surface area contributed by atoms with Crippen LogP contribution in [0.2, 0.25) is 0 Å². The van der Waals surface area contributed by atoms with Gasteiger partial charge in [0.25, 0.3) is 0 Å². The van der Waals surface area contributed by atoms with E-state index in [2.05, 4.69) is 29.4 Å². The molecule has 0 aromatic rings. The van der Waals surface area contributed by atoms with Crippen LogP contribution in [0, 0.1) is 11.8 Å². The SMILES string of the molecule is CC(C)CCCNC(=O)C(C)CN1CCNCC1. The van der Waals surface area contributed by atoms with E-state index in [0.29, 0.717) is 0 Å². The molecule has 1 rings (SSSR count). The summed E-state index contributed by atoms with van der Waals surface area (Å²) in [6.45, 7) is 12.4. The lowest BCUT2D eigenvalue weighted by Gasteiger charge is -2.29. The number of piperazine rings is 1. The Kier molecular flexibility index (Phi) is 7.28. The Hall–Kier alpha value is -0.610. The number of carbonyl (C=O) groups excluding carboxylic acids is 1. The molecule has 0 aromatic carbocycles. The predicted octanol–water partition coefficient (Wildman–Crippen LogP) is 1.08. The second-order valence-electron chi connectivity index (χ2n) is 5.78. The molecule has 0 spiro atoms. The number of hydrogen-bond donors (Lipinski definition) is 2. The summed E-state index contributed by atoms with van der Waals surface area (Å²) >= 11 is 0. The Labute approximate surface area is 111 Å². The zero-order valence-electron chi connectivity index (χ0n) is 12.2. The molecule has 0 aromatic heterocycles. The van der Waals surface area contributed by atoms with E-state index >= 15 is 0 Å². The van der Waals surface area contributed by atoms with E-state index in [-0.39, 0.29) is 11.8 Å². The van der Waals surface area contributed by atoms with Gasteiger partial charge in [0.15, 0.2) is 0 Å². The maximum Gasteiger partial charge on any atom is 0.224 e. The fourth-order valence-electron chi connectivity index (χ4n) is 2.26. The average molecular weight is 255 g/mol. The summed E-state index contributed by atoms with van der Waals surface area (Å²) in [4.78, 5) is 14.3. The highest BCUT2D eigenvalue weighted by Gasteiger charge is 2.17. The zero-order chi connectivity index (χ0) is 13.4. The van der Waals surface area contributed by atoms with Crippen LogP contribution in [0.1, 0.15) is 33.6 Å². The quantitative estimate of drug-likeness (QED) is 0.669. The molecular weight excluding hydrogens is 226 g/mol. The Bertz CT molecular complexity index is 237. The summed E-state index contributed by atoms with van der Waals surface area (Å²) in [7, 11) is 0. The van der Waals surface area contributed by atoms with Crippen LogP contribution < -0.4 is 10.6 Å². The molecule has 0 bridgehead atoms. The first-order chi connectivity index (χ1) is 8.59. The van der Waals surface area contributed by atoms with Crippen molar-refractivity contribution in [2.75, 3.05) is 39.3 Å². The number of hydrogen-bond acceptors (Lipinski definition) is 3. The lowest BCUT2D eigenvalue weighted by molar-refractivity contribution is -0.125. The van der Waals surface area contributed by atoms with E-state index in [0.717, 1.165) is 51.6 Å². The molecule has 18 heavy (non-hydrogen) atoms. The average Bonchev–Trinajstić information content (AvgIpc) is 2.35. The molecule has 1 fully saturated rings. The number of nitrogens with one attached hydrogen (secondary N) is 2. The predicted molar refractivity (Wildman–Crippen MR) is 75.6 cm³/mol. The third-order valence-electron chi connectivity index (χ3n) is 3.45. The van der Waals surface area contributed by atoms with Crippen LogP contribution >= 0.6 is 0 Å². The van der Waals surface area contributed by atoms with Crippen molar-refractivity contribution >= 4 is 5.91 Å². The second kappa shape index (κ2) is 8.48. The van der Waals surface area contributed by atoms with E-state index in [1.54, 1.807) is 0 Å². The lowest BCUT2D eigenvalue weighted by Crippen LogP contribution is -2.47. The van der Waals surface area contributed by atoms with E-state index < -0.39 is 0 Å². The third kappa shape index (κ3) is 6.36. The van der Waals surface area contributed by atoms with E-state index in [9.17, 15) is 4.79 Å². The van der Waals surface area contributed by atoms with Crippen LogP contribution in [0.3, 0.4) is 0 Å². The van der Waals surface area contributed by atoms with Gasteiger partial charge in [0.2, 0.25) is 5.91 Å². The first-order valence-corrected chi connectivity index (χ1v) is 7.30. The molecule has 0 radical (unpaired) electrons. The second-order valence-corrected chi connectivity index (χ2v) is 5.78. The first-order valence-electron chi connectivity index (χ1n) is 7.30. The normalized spacial score (nSPS) is 18.9. The first kappa shape index (κ1) is 15.4. The lowest BCUT2D eigenvalue weighted by atomic mass is 10.1. The summed E-state index contributed by atoms with van der Waals surface area (Å²) in [5.41, 5.74) is 0. The van der Waals surface area contributed by atoms with Gasteiger partial charge < -0.3 is 15.5 Å². The Morgan fingerprint density at radius 3 is 2.56 bits per heavy atom. The van der Waals surface area contributed by atoms with Crippen molar-refractivity contribution < 1.29 is 4.79 Å². The molecule has 1 saturated heterocycles. The summed E-state index contributed by atoms with van der Waals surface area (Å²) in [5, 5.41) is 6.37. The fourth-order valence-corrected chi connectivity index (χ4v) is 2.26. The maximum atomic E-state index is 11.9. The number of carbonyl (C=O) groups is 1. The highest BCUT2D eigenvalue weighted by molar-refractivity contribution is 5.78. The van der Waals surface area contributed by atoms with Crippen molar-refractivity contribution in [2.45, 2.75) is 33.6 Å². The number of amides is 1. The standard InChI is InChI=1S/C14H29N3O/c1-12(2)5-4-6-16-14(18)13(3)11-17-9-7-15-8-10-17/h12-13,15H,4-11H2,1-3H3,(H,16,18). The monoisotopic (exact) mass is 255 g/mol. The van der Waals surface area contributed by atoms with Gasteiger partial charge in [-0.2, -0.15) is 0 Å². The number of nitrogens with zero attached hydrogens (tertiary/aromatic N) is 1. The van der Waals surface area contributed by atoms with Crippen LogP contribution in [0.4, 0.5) is 0 Å². The molecule has 1 amide bonds. The molecule has 106 valence electrons. The van der Waals surface area contributed by atoms with Crippen molar-refractivity contribution in [1.29, 1.82) is 0 Å². The van der Waals surface area contributed by atoms with Gasteiger partial charge in [-0.3, -0.25) is 4.79 Å². The van der Waals surface area contributed by atoms with Gasteiger partial charge in [0.1, 0.15) is 0 Å². The zero-order valence-corrected chi connectivity index (χ0v) is 12.2. The topological polar surface area (TPSA) is 44.4 Å². The minimum atomic E-state index is 0.0992. The molecule has 2 N–H and O–H groups in total. The molecule has 1 aliphatic rings. The molecule has 4 heteroatoms. The van der Waals surface area contributed by atoms with E-state index in [1.807, 2.05) is 6.92 Å². The molecule has 1 aliphatic heterocycles. The number of rotatable bonds is 7. The minimum Gasteiger partial charge on any atom is -0.356 e. The van der Waals surface area contributed by atoms with Gasteiger partial charge in [0.05, 0.1) is 0 Å². The summed E-state index contributed by atoms with van der Waals surface area (Å²) in [5.74, 6) is 1.03. The highest BCUT2D eigenvalue weighted by Crippen LogP contribution is 2.04. The van der Waals surface area contributed by atoms with Gasteiger partial charge in [0, 0.05) is 45.2 Å². The Morgan fingerprint density at radius 1 is 1.28 bits per heavy atom. The molecular formula is C14H29N3O. The van der Waals surface area contributed by atoms with Crippen LogP contribution in [0.15, 0.2) is 0 Å². The maximum absolute atomic E-state index is 11.9. The highest BCUT2D eigenvalue weighted by atomic mass is 16.1. The Balaban J connectivity index is 2.11. The minimum absolute atomic E-state index is 0.0992. The summed E-state index contributed by atoms with van der Waals surface area (Å²) in [6.07, 6.45) is 2.27. The summed E-state index contributed by atoms with van der Waals surface area (Å²) < 4.78 is 0. The van der Waals surface area contributed by atoms with Gasteiger partial charge in [-0.05, 0) is 18.8 Å². The molecule has 4 nitrogen and oxygen atoms in total. The van der Waals surface area contributed by atoms with Crippen LogP contribution in [0.5, 0.6) is 0 Å². The van der Waals surface area contributed by atoms with Gasteiger partial charge in [-0.1, -0.05) is 20.8 Å². The smallest absolute Gasteiger partial charge is 0.224 e. The van der Waals surface area contributed by atoms with Gasteiger partial charge >= 0.3 is 0 Å². The van der Waals surface area contributed by atoms with Crippen molar-refractivity contribution in [1.82, 2.24) is 15.5 Å².